The van der Waals surface area contributed by atoms with E-state index in [0.29, 0.717) is 0 Å². The van der Waals surface area contributed by atoms with Gasteiger partial charge >= 0.3 is 0 Å². The Morgan fingerprint density at radius 3 is 2.68 bits per heavy atom. The fraction of sp³-hybridized carbons (Fsp3) is 0. The molecular formula is C16H8BrClO. The second kappa shape index (κ2) is 3.99. The number of fused-ring (bicyclic) bond motifs is 5. The second-order valence-corrected chi connectivity index (χ2v) is 5.06. The van der Waals surface area contributed by atoms with Crippen LogP contribution in [0.5, 0.6) is 0 Å². The lowest BCUT2D eigenvalue weighted by Crippen LogP contribution is -1.78. The highest BCUT2D eigenvalue weighted by molar-refractivity contribution is 9.10. The molecular weight excluding hydrogens is 324 g/mol. The molecule has 0 atom stereocenters. The van der Waals surface area contributed by atoms with E-state index >= 15 is 0 Å². The van der Waals surface area contributed by atoms with Gasteiger partial charge in [0.2, 0.25) is 0 Å². The summed E-state index contributed by atoms with van der Waals surface area (Å²) in [6.07, 6.45) is 0. The van der Waals surface area contributed by atoms with Crippen molar-refractivity contribution in [1.82, 2.24) is 0 Å². The molecule has 0 spiro atoms. The van der Waals surface area contributed by atoms with Gasteiger partial charge in [0, 0.05) is 26.0 Å². The number of hydrogen-bond donors (Lipinski definition) is 0. The zero-order chi connectivity index (χ0) is 19.9. The first-order valence-electron chi connectivity index (χ1n) is 9.29. The van der Waals surface area contributed by atoms with Crippen molar-refractivity contribution in [3.05, 3.63) is 57.8 Å². The smallest absolute Gasteiger partial charge is 0.144 e. The third-order valence-electron chi connectivity index (χ3n) is 2.84. The molecule has 0 aliphatic heterocycles. The van der Waals surface area contributed by atoms with Gasteiger partial charge in [0.15, 0.2) is 0 Å². The lowest BCUT2D eigenvalue weighted by Gasteiger charge is -2.03. The summed E-state index contributed by atoms with van der Waals surface area (Å²) in [4.78, 5) is 0. The Labute approximate surface area is 134 Å². The Balaban J connectivity index is 2.47. The molecule has 0 saturated heterocycles. The van der Waals surface area contributed by atoms with Crippen molar-refractivity contribution < 1.29 is 15.4 Å². The molecule has 3 aromatic carbocycles. The van der Waals surface area contributed by atoms with Crippen LogP contribution in [0.15, 0.2) is 57.2 Å². The van der Waals surface area contributed by atoms with Gasteiger partial charge in [0.05, 0.1) is 16.0 Å². The molecule has 1 heterocycles. The van der Waals surface area contributed by atoms with Crippen LogP contribution in [0.1, 0.15) is 11.0 Å². The van der Waals surface area contributed by atoms with Gasteiger partial charge in [-0.2, -0.15) is 0 Å². The Morgan fingerprint density at radius 2 is 1.79 bits per heavy atom. The molecule has 92 valence electrons. The number of halogens is 2. The Bertz CT molecular complexity index is 1330. The summed E-state index contributed by atoms with van der Waals surface area (Å²) in [6, 6.07) is -2.90. The standard InChI is InChI=1S/C16H8BrClO/c17-12-8-11-9-4-1-2-7-14(9)19-16(11)15-10(12)5-3-6-13(15)18/h1-8H/i1D,2D,3D,4D,5D,6D,7D,8D. The van der Waals surface area contributed by atoms with E-state index in [4.69, 9.17) is 27.0 Å². The second-order valence-electron chi connectivity index (χ2n) is 3.89. The van der Waals surface area contributed by atoms with Crippen molar-refractivity contribution in [3.63, 3.8) is 0 Å². The molecule has 1 nitrogen and oxygen atoms in total. The minimum absolute atomic E-state index is 0.00722. The fourth-order valence-corrected chi connectivity index (χ4v) is 2.77. The Morgan fingerprint density at radius 1 is 1.00 bits per heavy atom. The van der Waals surface area contributed by atoms with Crippen LogP contribution in [0.2, 0.25) is 5.02 Å². The largest absolute Gasteiger partial charge is 0.455 e. The number of furan rings is 1. The average Bonchev–Trinajstić information content (AvgIpc) is 3.04. The van der Waals surface area contributed by atoms with Gasteiger partial charge in [-0.05, 0) is 18.1 Å². The van der Waals surface area contributed by atoms with Crippen molar-refractivity contribution in [2.45, 2.75) is 0 Å². The van der Waals surface area contributed by atoms with Gasteiger partial charge in [-0.1, -0.05) is 57.7 Å². The molecule has 0 N–H and O–H groups in total. The number of hydrogen-bond acceptors (Lipinski definition) is 1. The van der Waals surface area contributed by atoms with Crippen LogP contribution in [0.25, 0.3) is 32.7 Å². The van der Waals surface area contributed by atoms with Gasteiger partial charge in [-0.3, -0.25) is 0 Å². The highest BCUT2D eigenvalue weighted by Gasteiger charge is 2.14. The van der Waals surface area contributed by atoms with Gasteiger partial charge in [0.25, 0.3) is 0 Å². The predicted molar refractivity (Wildman–Crippen MR) is 83.9 cm³/mol. The SMILES string of the molecule is [2H]c1c([2H])c([2H])c2c(oc3c4c(Cl)c([2H])c([2H])c([2H])c4c(Br)c([2H])c32)c1[2H]. The van der Waals surface area contributed by atoms with E-state index in [1.807, 2.05) is 0 Å². The first-order valence-corrected chi connectivity index (χ1v) is 6.46. The summed E-state index contributed by atoms with van der Waals surface area (Å²) in [5.41, 5.74) is -0.139. The van der Waals surface area contributed by atoms with Gasteiger partial charge in [-0.15, -0.1) is 0 Å². The molecule has 0 bridgehead atoms. The van der Waals surface area contributed by atoms with Crippen molar-refractivity contribution in [2.24, 2.45) is 0 Å². The van der Waals surface area contributed by atoms with Gasteiger partial charge in [-0.25, -0.2) is 0 Å². The maximum Gasteiger partial charge on any atom is 0.144 e. The topological polar surface area (TPSA) is 13.1 Å². The minimum Gasteiger partial charge on any atom is -0.455 e. The average molecular weight is 340 g/mol. The van der Waals surface area contributed by atoms with Crippen LogP contribution in [-0.2, 0) is 0 Å². The quantitative estimate of drug-likeness (QED) is 0.374. The summed E-state index contributed by atoms with van der Waals surface area (Å²) >= 11 is 9.52. The maximum atomic E-state index is 8.46. The lowest BCUT2D eigenvalue weighted by atomic mass is 10.1. The van der Waals surface area contributed by atoms with Gasteiger partial charge in [0.1, 0.15) is 11.2 Å². The van der Waals surface area contributed by atoms with E-state index in [9.17, 15) is 0 Å². The molecule has 4 rings (SSSR count). The number of para-hydroxylation sites is 1. The van der Waals surface area contributed by atoms with Crippen molar-refractivity contribution in [2.75, 3.05) is 0 Å². The minimum atomic E-state index is -0.469. The van der Waals surface area contributed by atoms with Crippen LogP contribution in [0.4, 0.5) is 0 Å². The van der Waals surface area contributed by atoms with E-state index in [2.05, 4.69) is 15.9 Å². The van der Waals surface area contributed by atoms with Gasteiger partial charge < -0.3 is 4.42 Å². The van der Waals surface area contributed by atoms with Crippen LogP contribution >= 0.6 is 27.5 Å². The van der Waals surface area contributed by atoms with E-state index in [1.54, 1.807) is 0 Å². The monoisotopic (exact) mass is 338 g/mol. The first kappa shape index (κ1) is 5.86. The maximum absolute atomic E-state index is 8.46. The predicted octanol–water partition coefficient (Wildman–Crippen LogP) is 6.16. The molecule has 19 heavy (non-hydrogen) atoms. The highest BCUT2D eigenvalue weighted by atomic mass is 79.9. The van der Waals surface area contributed by atoms with E-state index < -0.39 is 24.2 Å². The fourth-order valence-electron chi connectivity index (χ4n) is 2.05. The zero-order valence-corrected chi connectivity index (χ0v) is 11.5. The molecule has 0 aliphatic carbocycles. The van der Waals surface area contributed by atoms with Crippen molar-refractivity contribution >= 4 is 60.2 Å². The van der Waals surface area contributed by atoms with E-state index in [0.717, 1.165) is 0 Å². The molecule has 0 aliphatic rings. The third kappa shape index (κ3) is 1.54. The third-order valence-corrected chi connectivity index (χ3v) is 3.72. The van der Waals surface area contributed by atoms with Crippen molar-refractivity contribution in [1.29, 1.82) is 0 Å². The summed E-state index contributed by atoms with van der Waals surface area (Å²) in [5.74, 6) is 0. The molecule has 0 saturated carbocycles. The summed E-state index contributed by atoms with van der Waals surface area (Å²) in [7, 11) is 0. The van der Waals surface area contributed by atoms with E-state index in [1.165, 1.54) is 0 Å². The Hall–Kier alpha value is -1.51. The van der Waals surface area contributed by atoms with Crippen LogP contribution < -0.4 is 0 Å². The van der Waals surface area contributed by atoms with Crippen LogP contribution in [-0.4, -0.2) is 0 Å². The number of rotatable bonds is 0. The lowest BCUT2D eigenvalue weighted by molar-refractivity contribution is 0.672. The summed E-state index contributed by atoms with van der Waals surface area (Å²) < 4.78 is 70.3. The normalized spacial score (nSPS) is 17.6. The molecule has 3 heteroatoms. The van der Waals surface area contributed by atoms with Crippen LogP contribution in [0.3, 0.4) is 0 Å². The zero-order valence-electron chi connectivity index (χ0n) is 17.2. The first-order chi connectivity index (χ1) is 12.6. The molecule has 0 amide bonds. The molecule has 4 aromatic rings. The molecule has 0 radical (unpaired) electrons. The summed E-state index contributed by atoms with van der Waals surface area (Å²) in [5, 5.41) is 0.231. The number of benzene rings is 3. The molecule has 0 fully saturated rings. The summed E-state index contributed by atoms with van der Waals surface area (Å²) in [6.45, 7) is 0. The van der Waals surface area contributed by atoms with Crippen molar-refractivity contribution in [3.8, 4) is 0 Å². The van der Waals surface area contributed by atoms with E-state index in [-0.39, 0.29) is 66.4 Å². The molecule has 1 aromatic heterocycles. The highest BCUT2D eigenvalue weighted by Crippen LogP contribution is 2.40. The Kier molecular flexibility index (Phi) is 1.23. The molecule has 0 unspecified atom stereocenters. The van der Waals surface area contributed by atoms with Crippen LogP contribution in [0, 0.1) is 0 Å².